The van der Waals surface area contributed by atoms with Crippen molar-refractivity contribution >= 4 is 5.91 Å². The quantitative estimate of drug-likeness (QED) is 0.834. The van der Waals surface area contributed by atoms with Crippen LogP contribution in [0.4, 0.5) is 4.39 Å². The van der Waals surface area contributed by atoms with Gasteiger partial charge in [0.25, 0.3) is 0 Å². The van der Waals surface area contributed by atoms with Crippen LogP contribution in [0.3, 0.4) is 0 Å². The van der Waals surface area contributed by atoms with Crippen LogP contribution in [-0.2, 0) is 16.1 Å². The van der Waals surface area contributed by atoms with E-state index in [4.69, 9.17) is 4.74 Å². The molecule has 1 heterocycles. The number of hydrogen-bond donors (Lipinski definition) is 1. The van der Waals surface area contributed by atoms with Crippen LogP contribution in [0.1, 0.15) is 18.9 Å². The molecule has 1 atom stereocenters. The zero-order valence-corrected chi connectivity index (χ0v) is 12.5. The molecule has 1 unspecified atom stereocenters. The molecule has 4 nitrogen and oxygen atoms in total. The second-order valence-corrected chi connectivity index (χ2v) is 5.46. The minimum absolute atomic E-state index is 0.0000836. The first-order valence-electron chi connectivity index (χ1n) is 7.48. The Hall–Kier alpha value is -1.46. The van der Waals surface area contributed by atoms with Crippen molar-refractivity contribution < 1.29 is 13.9 Å². The maximum atomic E-state index is 12.8. The van der Waals surface area contributed by atoms with Gasteiger partial charge < -0.3 is 10.1 Å². The van der Waals surface area contributed by atoms with Crippen LogP contribution in [0, 0.1) is 11.7 Å². The van der Waals surface area contributed by atoms with E-state index in [0.717, 1.165) is 38.3 Å². The van der Waals surface area contributed by atoms with Gasteiger partial charge in [0, 0.05) is 19.7 Å². The van der Waals surface area contributed by atoms with Crippen molar-refractivity contribution in [3.05, 3.63) is 35.6 Å². The van der Waals surface area contributed by atoms with Crippen molar-refractivity contribution in [2.24, 2.45) is 5.92 Å². The number of ether oxygens (including phenoxy) is 1. The highest BCUT2D eigenvalue weighted by molar-refractivity contribution is 5.78. The third-order valence-corrected chi connectivity index (χ3v) is 3.76. The summed E-state index contributed by atoms with van der Waals surface area (Å²) in [7, 11) is 0. The molecule has 1 aliphatic rings. The number of nitrogens with one attached hydrogen (secondary N) is 1. The molecule has 0 aromatic heterocycles. The van der Waals surface area contributed by atoms with E-state index in [1.165, 1.54) is 12.1 Å². The van der Waals surface area contributed by atoms with Gasteiger partial charge in [0.05, 0.1) is 13.2 Å². The van der Waals surface area contributed by atoms with Gasteiger partial charge in [0.1, 0.15) is 5.82 Å². The van der Waals surface area contributed by atoms with E-state index in [1.54, 1.807) is 12.1 Å². The van der Waals surface area contributed by atoms with Gasteiger partial charge in [0.2, 0.25) is 5.91 Å². The van der Waals surface area contributed by atoms with Gasteiger partial charge in [-0.1, -0.05) is 19.1 Å². The van der Waals surface area contributed by atoms with Crippen LogP contribution in [0.25, 0.3) is 0 Å². The molecule has 0 spiro atoms. The Bertz CT molecular complexity index is 444. The fraction of sp³-hybridized carbons (Fsp3) is 0.562. The molecule has 116 valence electrons. The Balaban J connectivity index is 1.72. The van der Waals surface area contributed by atoms with Gasteiger partial charge >= 0.3 is 0 Å². The van der Waals surface area contributed by atoms with E-state index in [-0.39, 0.29) is 11.7 Å². The van der Waals surface area contributed by atoms with Crippen LogP contribution in [0.2, 0.25) is 0 Å². The lowest BCUT2D eigenvalue weighted by atomic mass is 10.1. The zero-order valence-electron chi connectivity index (χ0n) is 12.5. The summed E-state index contributed by atoms with van der Waals surface area (Å²) < 4.78 is 18.2. The van der Waals surface area contributed by atoms with Crippen LogP contribution < -0.4 is 5.32 Å². The van der Waals surface area contributed by atoms with Gasteiger partial charge in [-0.25, -0.2) is 4.39 Å². The summed E-state index contributed by atoms with van der Waals surface area (Å²) in [5.74, 6) is 0.274. The fourth-order valence-electron chi connectivity index (χ4n) is 2.46. The number of benzene rings is 1. The first kappa shape index (κ1) is 15.9. The molecule has 1 aromatic rings. The molecule has 1 aromatic carbocycles. The number of halogens is 1. The average molecular weight is 294 g/mol. The molecular formula is C16H23FN2O2. The predicted molar refractivity (Wildman–Crippen MR) is 79.3 cm³/mol. The summed E-state index contributed by atoms with van der Waals surface area (Å²) in [6.07, 6.45) is 1.08. The minimum atomic E-state index is -0.263. The van der Waals surface area contributed by atoms with E-state index in [2.05, 4.69) is 17.1 Å². The second-order valence-electron chi connectivity index (χ2n) is 5.46. The molecule has 1 fully saturated rings. The monoisotopic (exact) mass is 294 g/mol. The normalized spacial score (nSPS) is 18.1. The number of carbonyl (C=O) groups is 1. The molecule has 0 radical (unpaired) electrons. The zero-order chi connectivity index (χ0) is 15.1. The number of likely N-dealkylation sites (N-methyl/N-ethyl adjacent to an activating group) is 1. The first-order chi connectivity index (χ1) is 10.2. The second kappa shape index (κ2) is 8.10. The molecule has 5 heteroatoms. The van der Waals surface area contributed by atoms with E-state index in [0.29, 0.717) is 19.0 Å². The van der Waals surface area contributed by atoms with Crippen LogP contribution in [0.5, 0.6) is 0 Å². The Morgan fingerprint density at radius 3 is 2.81 bits per heavy atom. The van der Waals surface area contributed by atoms with Crippen LogP contribution in [0.15, 0.2) is 24.3 Å². The highest BCUT2D eigenvalue weighted by Gasteiger charge is 2.19. The Kier molecular flexibility index (Phi) is 6.14. The van der Waals surface area contributed by atoms with E-state index < -0.39 is 0 Å². The van der Waals surface area contributed by atoms with E-state index in [1.807, 2.05) is 0 Å². The number of rotatable bonds is 7. The van der Waals surface area contributed by atoms with Crippen molar-refractivity contribution in [1.29, 1.82) is 0 Å². The summed E-state index contributed by atoms with van der Waals surface area (Å²) in [5.41, 5.74) is 0.900. The summed E-state index contributed by atoms with van der Waals surface area (Å²) >= 11 is 0. The van der Waals surface area contributed by atoms with Gasteiger partial charge in [-0.3, -0.25) is 9.69 Å². The highest BCUT2D eigenvalue weighted by atomic mass is 19.1. The molecule has 1 aliphatic heterocycles. The lowest BCUT2D eigenvalue weighted by molar-refractivity contribution is -0.122. The van der Waals surface area contributed by atoms with Gasteiger partial charge in [-0.2, -0.15) is 0 Å². The molecule has 1 saturated heterocycles. The number of amides is 1. The topological polar surface area (TPSA) is 41.6 Å². The largest absolute Gasteiger partial charge is 0.381 e. The number of carbonyl (C=O) groups excluding carboxylic acids is 1. The summed E-state index contributed by atoms with van der Waals surface area (Å²) in [5, 5.41) is 2.87. The molecule has 21 heavy (non-hydrogen) atoms. The summed E-state index contributed by atoms with van der Waals surface area (Å²) in [6.45, 7) is 6.27. The smallest absolute Gasteiger partial charge is 0.234 e. The van der Waals surface area contributed by atoms with Crippen LogP contribution in [-0.4, -0.2) is 43.7 Å². The third-order valence-electron chi connectivity index (χ3n) is 3.76. The standard InChI is InChI=1S/C16H23FN2O2/c1-2-19(10-14-7-8-21-12-14)11-16(20)18-9-13-3-5-15(17)6-4-13/h3-6,14H,2,7-12H2,1H3,(H,18,20). The van der Waals surface area contributed by atoms with Gasteiger partial charge in [-0.05, 0) is 36.6 Å². The molecule has 0 saturated carbocycles. The lowest BCUT2D eigenvalue weighted by Crippen LogP contribution is -2.39. The van der Waals surface area contributed by atoms with Gasteiger partial charge in [0.15, 0.2) is 0 Å². The fourth-order valence-corrected chi connectivity index (χ4v) is 2.46. The maximum Gasteiger partial charge on any atom is 0.234 e. The molecule has 0 aliphatic carbocycles. The van der Waals surface area contributed by atoms with Gasteiger partial charge in [-0.15, -0.1) is 0 Å². The van der Waals surface area contributed by atoms with Crippen LogP contribution >= 0.6 is 0 Å². The Morgan fingerprint density at radius 1 is 1.43 bits per heavy atom. The molecule has 1 amide bonds. The SMILES string of the molecule is CCN(CC(=O)NCc1ccc(F)cc1)CC1CCOC1. The first-order valence-corrected chi connectivity index (χ1v) is 7.48. The third kappa shape index (κ3) is 5.44. The molecule has 2 rings (SSSR count). The lowest BCUT2D eigenvalue weighted by Gasteiger charge is -2.22. The van der Waals surface area contributed by atoms with Crippen molar-refractivity contribution in [3.8, 4) is 0 Å². The predicted octanol–water partition coefficient (Wildman–Crippen LogP) is 1.80. The van der Waals surface area contributed by atoms with Crippen molar-refractivity contribution in [2.45, 2.75) is 19.9 Å². The maximum absolute atomic E-state index is 12.8. The van der Waals surface area contributed by atoms with Crippen molar-refractivity contribution in [1.82, 2.24) is 10.2 Å². The molecule has 1 N–H and O–H groups in total. The average Bonchev–Trinajstić information content (AvgIpc) is 2.99. The highest BCUT2D eigenvalue weighted by Crippen LogP contribution is 2.13. The molecule has 0 bridgehead atoms. The summed E-state index contributed by atoms with van der Waals surface area (Å²) in [6, 6.07) is 6.17. The Labute approximate surface area is 125 Å². The number of hydrogen-bond acceptors (Lipinski definition) is 3. The van der Waals surface area contributed by atoms with Crippen molar-refractivity contribution in [3.63, 3.8) is 0 Å². The number of nitrogens with zero attached hydrogens (tertiary/aromatic N) is 1. The Morgan fingerprint density at radius 2 is 2.19 bits per heavy atom. The van der Waals surface area contributed by atoms with Crippen molar-refractivity contribution in [2.75, 3.05) is 32.8 Å². The minimum Gasteiger partial charge on any atom is -0.381 e. The van der Waals surface area contributed by atoms with E-state index >= 15 is 0 Å². The van der Waals surface area contributed by atoms with E-state index in [9.17, 15) is 9.18 Å². The summed E-state index contributed by atoms with van der Waals surface area (Å²) in [4.78, 5) is 14.1. The molecular weight excluding hydrogens is 271 g/mol.